The lowest BCUT2D eigenvalue weighted by Crippen LogP contribution is -2.47. The van der Waals surface area contributed by atoms with Crippen LogP contribution in [0.2, 0.25) is 0 Å². The Kier molecular flexibility index (Phi) is 6.04. The fraction of sp³-hybridized carbons (Fsp3) is 0.269. The van der Waals surface area contributed by atoms with Crippen LogP contribution in [-0.4, -0.2) is 17.5 Å². The lowest BCUT2D eigenvalue weighted by molar-refractivity contribution is 0.117. The molecule has 0 bridgehead atoms. The van der Waals surface area contributed by atoms with Crippen LogP contribution in [0.25, 0.3) is 11.1 Å². The van der Waals surface area contributed by atoms with Crippen molar-refractivity contribution in [3.8, 4) is 17.2 Å². The molecular formula is C26H24BrFN2. The van der Waals surface area contributed by atoms with Gasteiger partial charge in [-0.1, -0.05) is 66.7 Å². The average Bonchev–Trinajstić information content (AvgIpc) is 2.78. The Hall–Kier alpha value is -2.48. The highest BCUT2D eigenvalue weighted by Crippen LogP contribution is 2.46. The van der Waals surface area contributed by atoms with Crippen LogP contribution in [-0.2, 0) is 12.0 Å². The van der Waals surface area contributed by atoms with E-state index in [0.717, 1.165) is 29.8 Å². The van der Waals surface area contributed by atoms with Crippen molar-refractivity contribution >= 4 is 15.9 Å². The maximum absolute atomic E-state index is 14.6. The molecule has 152 valence electrons. The number of rotatable bonds is 4. The van der Waals surface area contributed by atoms with Crippen molar-refractivity contribution in [2.24, 2.45) is 0 Å². The maximum Gasteiger partial charge on any atom is 0.137 e. The van der Waals surface area contributed by atoms with E-state index in [1.807, 2.05) is 42.5 Å². The number of piperidine rings is 1. The first-order valence-electron chi connectivity index (χ1n) is 10.3. The van der Waals surface area contributed by atoms with E-state index in [4.69, 9.17) is 0 Å². The quantitative estimate of drug-likeness (QED) is 0.431. The fourth-order valence-electron chi connectivity index (χ4n) is 4.60. The minimum absolute atomic E-state index is 0.206. The molecule has 4 heteroatoms. The summed E-state index contributed by atoms with van der Waals surface area (Å²) in [5.41, 5.74) is 3.24. The third-order valence-electron chi connectivity index (χ3n) is 6.19. The summed E-state index contributed by atoms with van der Waals surface area (Å²) in [4.78, 5) is 2.42. The zero-order valence-electron chi connectivity index (χ0n) is 17.0. The summed E-state index contributed by atoms with van der Waals surface area (Å²) >= 11 is 3.49. The molecule has 0 spiro atoms. The molecule has 1 saturated heterocycles. The van der Waals surface area contributed by atoms with Crippen molar-refractivity contribution in [1.29, 1.82) is 5.26 Å². The van der Waals surface area contributed by atoms with Crippen LogP contribution in [0.1, 0.15) is 30.9 Å². The highest BCUT2D eigenvalue weighted by molar-refractivity contribution is 9.10. The van der Waals surface area contributed by atoms with Gasteiger partial charge in [0.1, 0.15) is 5.82 Å². The van der Waals surface area contributed by atoms with Gasteiger partial charge in [0.2, 0.25) is 0 Å². The molecule has 2 unspecified atom stereocenters. The van der Waals surface area contributed by atoms with E-state index in [1.165, 1.54) is 11.6 Å². The second-order valence-corrected chi connectivity index (χ2v) is 8.90. The molecule has 30 heavy (non-hydrogen) atoms. The van der Waals surface area contributed by atoms with Crippen molar-refractivity contribution < 1.29 is 4.39 Å². The topological polar surface area (TPSA) is 27.0 Å². The van der Waals surface area contributed by atoms with Crippen LogP contribution >= 0.6 is 15.9 Å². The van der Waals surface area contributed by atoms with Gasteiger partial charge in [0.05, 0.1) is 16.0 Å². The standard InChI is InChI=1S/C26H24BrFN2/c1-19-16-26(18-29,14-15-30(19)17-20-8-4-2-5-9-20)24-22(12-13-23(28)25(24)27)21-10-6-3-7-11-21/h2-13,19H,14-17H2,1H3. The molecule has 2 nitrogen and oxygen atoms in total. The van der Waals surface area contributed by atoms with Crippen molar-refractivity contribution in [2.45, 2.75) is 37.8 Å². The molecule has 3 aromatic carbocycles. The second kappa shape index (κ2) is 8.71. The highest BCUT2D eigenvalue weighted by Gasteiger charge is 2.43. The Morgan fingerprint density at radius 2 is 1.73 bits per heavy atom. The average molecular weight is 463 g/mol. The highest BCUT2D eigenvalue weighted by atomic mass is 79.9. The summed E-state index contributed by atoms with van der Waals surface area (Å²) < 4.78 is 15.0. The van der Waals surface area contributed by atoms with E-state index >= 15 is 0 Å². The molecule has 0 N–H and O–H groups in total. The number of nitriles is 1. The number of halogens is 2. The minimum Gasteiger partial charge on any atom is -0.296 e. The van der Waals surface area contributed by atoms with Gasteiger partial charge in [0.25, 0.3) is 0 Å². The van der Waals surface area contributed by atoms with Crippen LogP contribution in [0.4, 0.5) is 4.39 Å². The SMILES string of the molecule is CC1CC(C#N)(c2c(-c3ccccc3)ccc(F)c2Br)CCN1Cc1ccccc1. The van der Waals surface area contributed by atoms with Gasteiger partial charge in [-0.2, -0.15) is 5.26 Å². The van der Waals surface area contributed by atoms with Gasteiger partial charge in [-0.05, 0) is 64.0 Å². The lowest BCUT2D eigenvalue weighted by Gasteiger charge is -2.43. The number of nitrogens with zero attached hydrogens (tertiary/aromatic N) is 2. The summed E-state index contributed by atoms with van der Waals surface area (Å²) in [6.07, 6.45) is 1.33. The molecule has 0 saturated carbocycles. The summed E-state index contributed by atoms with van der Waals surface area (Å²) in [6.45, 7) is 3.82. The first-order valence-corrected chi connectivity index (χ1v) is 11.1. The number of likely N-dealkylation sites (tertiary alicyclic amines) is 1. The predicted octanol–water partition coefficient (Wildman–Crippen LogP) is 6.70. The van der Waals surface area contributed by atoms with Crippen molar-refractivity contribution in [3.63, 3.8) is 0 Å². The Labute approximate surface area is 186 Å². The third-order valence-corrected chi connectivity index (χ3v) is 6.97. The zero-order valence-corrected chi connectivity index (χ0v) is 18.6. The maximum atomic E-state index is 14.6. The van der Waals surface area contributed by atoms with E-state index in [1.54, 1.807) is 0 Å². The van der Waals surface area contributed by atoms with Crippen LogP contribution in [0, 0.1) is 17.1 Å². The first kappa shape index (κ1) is 20.8. The summed E-state index contributed by atoms with van der Waals surface area (Å²) in [5.74, 6) is -0.321. The zero-order chi connectivity index (χ0) is 21.1. The van der Waals surface area contributed by atoms with Gasteiger partial charge >= 0.3 is 0 Å². The second-order valence-electron chi connectivity index (χ2n) is 8.10. The molecule has 0 amide bonds. The molecule has 1 heterocycles. The summed E-state index contributed by atoms with van der Waals surface area (Å²) in [7, 11) is 0. The Morgan fingerprint density at radius 1 is 1.07 bits per heavy atom. The van der Waals surface area contributed by atoms with Gasteiger partial charge in [-0.3, -0.25) is 4.90 Å². The third kappa shape index (κ3) is 3.93. The first-order chi connectivity index (χ1) is 14.5. The monoisotopic (exact) mass is 462 g/mol. The number of benzene rings is 3. The van der Waals surface area contributed by atoms with Crippen molar-refractivity contribution in [1.82, 2.24) is 4.90 Å². The Balaban J connectivity index is 1.71. The van der Waals surface area contributed by atoms with E-state index in [-0.39, 0.29) is 11.9 Å². The predicted molar refractivity (Wildman–Crippen MR) is 122 cm³/mol. The van der Waals surface area contributed by atoms with E-state index in [9.17, 15) is 9.65 Å². The number of hydrogen-bond donors (Lipinski definition) is 0. The van der Waals surface area contributed by atoms with E-state index in [0.29, 0.717) is 17.3 Å². The Bertz CT molecular complexity index is 1060. The van der Waals surface area contributed by atoms with Gasteiger partial charge < -0.3 is 0 Å². The van der Waals surface area contributed by atoms with Gasteiger partial charge in [-0.25, -0.2) is 4.39 Å². The smallest absolute Gasteiger partial charge is 0.137 e. The van der Waals surface area contributed by atoms with E-state index in [2.05, 4.69) is 58.1 Å². The van der Waals surface area contributed by atoms with Crippen molar-refractivity contribution in [3.05, 3.63) is 94.2 Å². The molecule has 2 atom stereocenters. The van der Waals surface area contributed by atoms with Gasteiger partial charge in [0, 0.05) is 19.1 Å². The minimum atomic E-state index is -0.737. The Morgan fingerprint density at radius 3 is 2.37 bits per heavy atom. The van der Waals surface area contributed by atoms with Crippen LogP contribution in [0.5, 0.6) is 0 Å². The fourth-order valence-corrected chi connectivity index (χ4v) is 5.33. The molecule has 1 fully saturated rings. The van der Waals surface area contributed by atoms with Gasteiger partial charge in [0.15, 0.2) is 0 Å². The van der Waals surface area contributed by atoms with Gasteiger partial charge in [-0.15, -0.1) is 0 Å². The van der Waals surface area contributed by atoms with Crippen LogP contribution in [0.15, 0.2) is 77.3 Å². The summed E-state index contributed by atoms with van der Waals surface area (Å²) in [6, 6.07) is 26.4. The summed E-state index contributed by atoms with van der Waals surface area (Å²) in [5, 5.41) is 10.4. The lowest BCUT2D eigenvalue weighted by atomic mass is 9.69. The molecule has 1 aliphatic rings. The molecule has 0 radical (unpaired) electrons. The molecular weight excluding hydrogens is 439 g/mol. The largest absolute Gasteiger partial charge is 0.296 e. The van der Waals surface area contributed by atoms with Crippen LogP contribution < -0.4 is 0 Å². The van der Waals surface area contributed by atoms with Crippen LogP contribution in [0.3, 0.4) is 0 Å². The molecule has 4 rings (SSSR count). The normalized spacial score (nSPS) is 21.9. The number of hydrogen-bond acceptors (Lipinski definition) is 2. The van der Waals surface area contributed by atoms with Crippen molar-refractivity contribution in [2.75, 3.05) is 6.54 Å². The molecule has 1 aliphatic heterocycles. The molecule has 0 aliphatic carbocycles. The molecule has 0 aromatic heterocycles. The van der Waals surface area contributed by atoms with E-state index < -0.39 is 5.41 Å². The molecule has 3 aromatic rings.